The molecule has 3 nitrogen and oxygen atoms in total. The average Bonchev–Trinajstić information content (AvgIpc) is 2.49. The molecule has 0 saturated carbocycles. The second-order valence-electron chi connectivity index (χ2n) is 5.40. The van der Waals surface area contributed by atoms with E-state index in [9.17, 15) is 4.79 Å². The lowest BCUT2D eigenvalue weighted by Gasteiger charge is -2.30. The van der Waals surface area contributed by atoms with Crippen molar-refractivity contribution in [3.8, 4) is 0 Å². The molecule has 0 radical (unpaired) electrons. The van der Waals surface area contributed by atoms with E-state index in [4.69, 9.17) is 5.73 Å². The molecular weight excluding hydrogens is 328 g/mol. The average molecular weight is 345 g/mol. The summed E-state index contributed by atoms with van der Waals surface area (Å²) >= 11 is 3.52. The van der Waals surface area contributed by atoms with Gasteiger partial charge in [-0.2, -0.15) is 0 Å². The van der Waals surface area contributed by atoms with Gasteiger partial charge in [0, 0.05) is 23.2 Å². The zero-order chi connectivity index (χ0) is 15.0. The molecular formula is C17H17BrN2O. The van der Waals surface area contributed by atoms with Crippen LogP contribution in [-0.2, 0) is 13.0 Å². The van der Waals surface area contributed by atoms with Crippen molar-refractivity contribution < 1.29 is 4.79 Å². The van der Waals surface area contributed by atoms with Crippen molar-refractivity contribution in [1.82, 2.24) is 4.90 Å². The van der Waals surface area contributed by atoms with E-state index in [0.29, 0.717) is 13.1 Å². The summed E-state index contributed by atoms with van der Waals surface area (Å²) in [6.45, 7) is 3.33. The highest BCUT2D eigenvalue weighted by atomic mass is 79.9. The van der Waals surface area contributed by atoms with Crippen molar-refractivity contribution in [1.29, 1.82) is 0 Å². The number of halogens is 1. The standard InChI is InChI=1S/C17H17BrN2O/c1-11-4-2-6-14(16(11)18)17(21)20-9-8-13-12(10-20)5-3-7-15(13)19/h2-7H,8-10,19H2,1H3. The Bertz CT molecular complexity index is 712. The molecule has 1 amide bonds. The maximum Gasteiger partial charge on any atom is 0.255 e. The van der Waals surface area contributed by atoms with Crippen LogP contribution in [0.15, 0.2) is 40.9 Å². The van der Waals surface area contributed by atoms with Crippen molar-refractivity contribution in [2.24, 2.45) is 0 Å². The first-order chi connectivity index (χ1) is 10.1. The van der Waals surface area contributed by atoms with Gasteiger partial charge in [0.1, 0.15) is 0 Å². The Hall–Kier alpha value is -1.81. The Labute approximate surface area is 132 Å². The van der Waals surface area contributed by atoms with Crippen LogP contribution in [0.4, 0.5) is 5.69 Å². The zero-order valence-electron chi connectivity index (χ0n) is 11.9. The van der Waals surface area contributed by atoms with Gasteiger partial charge in [0.05, 0.1) is 5.56 Å². The van der Waals surface area contributed by atoms with E-state index >= 15 is 0 Å². The number of nitrogens with two attached hydrogens (primary N) is 1. The molecule has 4 heteroatoms. The SMILES string of the molecule is Cc1cccc(C(=O)N2CCc3c(N)cccc3C2)c1Br. The van der Waals surface area contributed by atoms with Gasteiger partial charge in [0.2, 0.25) is 0 Å². The molecule has 0 saturated heterocycles. The summed E-state index contributed by atoms with van der Waals surface area (Å²) in [6, 6.07) is 11.7. The highest BCUT2D eigenvalue weighted by Crippen LogP contribution is 2.27. The first-order valence-corrected chi connectivity index (χ1v) is 7.78. The molecule has 2 aromatic carbocycles. The summed E-state index contributed by atoms with van der Waals surface area (Å²) in [5.41, 5.74) is 11.0. The fourth-order valence-electron chi connectivity index (χ4n) is 2.80. The van der Waals surface area contributed by atoms with Gasteiger partial charge in [0.15, 0.2) is 0 Å². The molecule has 0 fully saturated rings. The van der Waals surface area contributed by atoms with Crippen molar-refractivity contribution in [3.05, 3.63) is 63.1 Å². The van der Waals surface area contributed by atoms with Crippen LogP contribution in [0, 0.1) is 6.92 Å². The van der Waals surface area contributed by atoms with E-state index in [0.717, 1.165) is 33.3 Å². The summed E-state index contributed by atoms with van der Waals surface area (Å²) in [7, 11) is 0. The number of carbonyl (C=O) groups is 1. The summed E-state index contributed by atoms with van der Waals surface area (Å²) in [6.07, 6.45) is 0.817. The fraction of sp³-hybridized carbons (Fsp3) is 0.235. The molecule has 0 atom stereocenters. The predicted octanol–water partition coefficient (Wildman–Crippen LogP) is 3.54. The van der Waals surface area contributed by atoms with Crippen LogP contribution >= 0.6 is 15.9 Å². The number of fused-ring (bicyclic) bond motifs is 1. The third kappa shape index (κ3) is 2.56. The van der Waals surface area contributed by atoms with Crippen molar-refractivity contribution in [2.45, 2.75) is 19.9 Å². The van der Waals surface area contributed by atoms with Gasteiger partial charge in [0.25, 0.3) is 5.91 Å². The number of hydrogen-bond donors (Lipinski definition) is 1. The second-order valence-corrected chi connectivity index (χ2v) is 6.19. The lowest BCUT2D eigenvalue weighted by atomic mass is 9.97. The molecule has 3 rings (SSSR count). The Kier molecular flexibility index (Phi) is 3.72. The van der Waals surface area contributed by atoms with E-state index in [1.807, 2.05) is 42.2 Å². The molecule has 0 aromatic heterocycles. The molecule has 0 bridgehead atoms. The van der Waals surface area contributed by atoms with Crippen molar-refractivity contribution >= 4 is 27.5 Å². The lowest BCUT2D eigenvalue weighted by Crippen LogP contribution is -2.36. The largest absolute Gasteiger partial charge is 0.398 e. The Morgan fingerprint density at radius 1 is 1.24 bits per heavy atom. The molecule has 21 heavy (non-hydrogen) atoms. The fourth-order valence-corrected chi connectivity index (χ4v) is 3.23. The molecule has 1 aliphatic rings. The highest BCUT2D eigenvalue weighted by Gasteiger charge is 2.24. The van der Waals surface area contributed by atoms with Crippen molar-refractivity contribution in [2.75, 3.05) is 12.3 Å². The number of aryl methyl sites for hydroxylation is 1. The molecule has 1 aliphatic heterocycles. The molecule has 0 aliphatic carbocycles. The number of rotatable bonds is 1. The molecule has 0 spiro atoms. The Morgan fingerprint density at radius 2 is 2.00 bits per heavy atom. The minimum Gasteiger partial charge on any atom is -0.398 e. The van der Waals surface area contributed by atoms with Gasteiger partial charge < -0.3 is 10.6 Å². The van der Waals surface area contributed by atoms with Crippen LogP contribution in [-0.4, -0.2) is 17.4 Å². The Balaban J connectivity index is 1.89. The van der Waals surface area contributed by atoms with Crippen molar-refractivity contribution in [3.63, 3.8) is 0 Å². The first-order valence-electron chi connectivity index (χ1n) is 6.98. The number of nitrogens with zero attached hydrogens (tertiary/aromatic N) is 1. The first kappa shape index (κ1) is 14.1. The number of anilines is 1. The summed E-state index contributed by atoms with van der Waals surface area (Å²) in [4.78, 5) is 14.6. The van der Waals surface area contributed by atoms with E-state index in [1.54, 1.807) is 0 Å². The third-order valence-electron chi connectivity index (χ3n) is 4.01. The van der Waals surface area contributed by atoms with Gasteiger partial charge in [-0.3, -0.25) is 4.79 Å². The van der Waals surface area contributed by atoms with Gasteiger partial charge in [-0.05, 0) is 58.1 Å². The monoisotopic (exact) mass is 344 g/mol. The summed E-state index contributed by atoms with van der Waals surface area (Å²) in [5, 5.41) is 0. The van der Waals surface area contributed by atoms with Crippen LogP contribution in [0.25, 0.3) is 0 Å². The smallest absolute Gasteiger partial charge is 0.255 e. The summed E-state index contributed by atoms with van der Waals surface area (Å²) in [5.74, 6) is 0.0682. The van der Waals surface area contributed by atoms with E-state index in [1.165, 1.54) is 5.56 Å². The second kappa shape index (κ2) is 5.53. The lowest BCUT2D eigenvalue weighted by molar-refractivity contribution is 0.0734. The molecule has 108 valence electrons. The predicted molar refractivity (Wildman–Crippen MR) is 88.2 cm³/mol. The maximum atomic E-state index is 12.7. The van der Waals surface area contributed by atoms with Crippen LogP contribution < -0.4 is 5.73 Å². The number of amides is 1. The van der Waals surface area contributed by atoms with E-state index in [2.05, 4.69) is 22.0 Å². The number of benzene rings is 2. The topological polar surface area (TPSA) is 46.3 Å². The van der Waals surface area contributed by atoms with Crippen LogP contribution in [0.1, 0.15) is 27.0 Å². The molecule has 2 aromatic rings. The minimum absolute atomic E-state index is 0.0682. The number of hydrogen-bond acceptors (Lipinski definition) is 2. The van der Waals surface area contributed by atoms with Crippen LogP contribution in [0.5, 0.6) is 0 Å². The van der Waals surface area contributed by atoms with Gasteiger partial charge in [-0.25, -0.2) is 0 Å². The van der Waals surface area contributed by atoms with Crippen LogP contribution in [0.2, 0.25) is 0 Å². The van der Waals surface area contributed by atoms with Crippen LogP contribution in [0.3, 0.4) is 0 Å². The normalized spacial score (nSPS) is 13.9. The van der Waals surface area contributed by atoms with E-state index in [-0.39, 0.29) is 5.91 Å². The summed E-state index contributed by atoms with van der Waals surface area (Å²) < 4.78 is 0.883. The molecule has 0 unspecified atom stereocenters. The van der Waals surface area contributed by atoms with E-state index < -0.39 is 0 Å². The number of nitrogen functional groups attached to an aromatic ring is 1. The minimum atomic E-state index is 0.0682. The molecule has 2 N–H and O–H groups in total. The third-order valence-corrected chi connectivity index (χ3v) is 5.06. The Morgan fingerprint density at radius 3 is 2.81 bits per heavy atom. The van der Waals surface area contributed by atoms with Gasteiger partial charge >= 0.3 is 0 Å². The maximum absolute atomic E-state index is 12.7. The molecule has 1 heterocycles. The zero-order valence-corrected chi connectivity index (χ0v) is 13.5. The highest BCUT2D eigenvalue weighted by molar-refractivity contribution is 9.10. The van der Waals surface area contributed by atoms with Gasteiger partial charge in [-0.1, -0.05) is 24.3 Å². The van der Waals surface area contributed by atoms with Gasteiger partial charge in [-0.15, -0.1) is 0 Å². The quantitative estimate of drug-likeness (QED) is 0.804. The number of carbonyl (C=O) groups excluding carboxylic acids is 1.